The molecule has 0 atom stereocenters. The normalized spacial score (nSPS) is 11.7. The van der Waals surface area contributed by atoms with Crippen molar-refractivity contribution in [3.05, 3.63) is 50.7 Å². The first kappa shape index (κ1) is 21.4. The smallest absolute Gasteiger partial charge is 0.332 e. The Morgan fingerprint density at radius 2 is 1.87 bits per heavy atom. The highest BCUT2D eigenvalue weighted by molar-refractivity contribution is 5.80. The van der Waals surface area contributed by atoms with Crippen LogP contribution in [0.5, 0.6) is 5.75 Å². The van der Waals surface area contributed by atoms with Gasteiger partial charge in [-0.05, 0) is 49.1 Å². The highest BCUT2D eigenvalue weighted by atomic mass is 16.5. The standard InChI is InChI=1S/C21H28N6O3/c1-6-30-16-9-7-15(8-10-16)13-22-24-20-23-18-17(27(20)12-11-14(2)3)19(28)26(5)21(29)25(18)4/h7-10,13-14H,6,11-12H2,1-5H3,(H,23,24)/b22-13-. The highest BCUT2D eigenvalue weighted by Crippen LogP contribution is 2.18. The van der Waals surface area contributed by atoms with Gasteiger partial charge in [-0.15, -0.1) is 0 Å². The molecule has 0 spiro atoms. The molecule has 9 heteroatoms. The first-order valence-electron chi connectivity index (χ1n) is 10.0. The summed E-state index contributed by atoms with van der Waals surface area (Å²) in [6, 6.07) is 7.55. The summed E-state index contributed by atoms with van der Waals surface area (Å²) in [6.07, 6.45) is 2.52. The van der Waals surface area contributed by atoms with Crippen molar-refractivity contribution in [2.24, 2.45) is 25.1 Å². The predicted molar refractivity (Wildman–Crippen MR) is 118 cm³/mol. The van der Waals surface area contributed by atoms with Gasteiger partial charge in [-0.3, -0.25) is 13.9 Å². The van der Waals surface area contributed by atoms with Crippen LogP contribution < -0.4 is 21.4 Å². The van der Waals surface area contributed by atoms with E-state index in [0.29, 0.717) is 36.2 Å². The van der Waals surface area contributed by atoms with Crippen LogP contribution in [0.2, 0.25) is 0 Å². The van der Waals surface area contributed by atoms with Crippen LogP contribution in [0.3, 0.4) is 0 Å². The number of nitrogens with zero attached hydrogens (tertiary/aromatic N) is 5. The molecule has 0 amide bonds. The van der Waals surface area contributed by atoms with E-state index >= 15 is 0 Å². The number of hydrogen-bond acceptors (Lipinski definition) is 6. The molecule has 1 N–H and O–H groups in total. The third-order valence-electron chi connectivity index (χ3n) is 4.85. The molecule has 0 aliphatic carbocycles. The number of hydrogen-bond donors (Lipinski definition) is 1. The van der Waals surface area contributed by atoms with E-state index in [1.165, 1.54) is 11.6 Å². The zero-order chi connectivity index (χ0) is 21.8. The van der Waals surface area contributed by atoms with Crippen molar-refractivity contribution in [2.45, 2.75) is 33.7 Å². The van der Waals surface area contributed by atoms with Gasteiger partial charge in [0.05, 0.1) is 12.8 Å². The molecule has 0 radical (unpaired) electrons. The summed E-state index contributed by atoms with van der Waals surface area (Å²) in [6.45, 7) is 7.37. The Kier molecular flexibility index (Phi) is 6.39. The average Bonchev–Trinajstić information content (AvgIpc) is 3.09. The van der Waals surface area contributed by atoms with Crippen LogP contribution in [-0.4, -0.2) is 31.5 Å². The molecule has 0 saturated heterocycles. The van der Waals surface area contributed by atoms with Gasteiger partial charge >= 0.3 is 5.69 Å². The number of imidazole rings is 1. The van der Waals surface area contributed by atoms with Crippen LogP contribution in [0, 0.1) is 5.92 Å². The van der Waals surface area contributed by atoms with Crippen molar-refractivity contribution in [2.75, 3.05) is 12.0 Å². The van der Waals surface area contributed by atoms with Gasteiger partial charge in [0.2, 0.25) is 5.95 Å². The molecule has 0 fully saturated rings. The van der Waals surface area contributed by atoms with Crippen molar-refractivity contribution in [3.63, 3.8) is 0 Å². The first-order valence-corrected chi connectivity index (χ1v) is 10.0. The maximum Gasteiger partial charge on any atom is 0.332 e. The van der Waals surface area contributed by atoms with Crippen molar-refractivity contribution in [1.82, 2.24) is 18.7 Å². The number of fused-ring (bicyclic) bond motifs is 1. The first-order chi connectivity index (χ1) is 14.3. The summed E-state index contributed by atoms with van der Waals surface area (Å²) in [7, 11) is 3.08. The molecule has 3 aromatic rings. The summed E-state index contributed by atoms with van der Waals surface area (Å²) in [5.41, 5.74) is 3.77. The van der Waals surface area contributed by atoms with E-state index in [1.54, 1.807) is 17.8 Å². The molecule has 3 rings (SSSR count). The number of benzene rings is 1. The SMILES string of the molecule is CCOc1ccc(/C=N\Nc2nc3c(c(=O)n(C)c(=O)n3C)n2CCC(C)C)cc1. The maximum absolute atomic E-state index is 12.8. The molecule has 0 saturated carbocycles. The largest absolute Gasteiger partial charge is 0.494 e. The Morgan fingerprint density at radius 3 is 2.50 bits per heavy atom. The van der Waals surface area contributed by atoms with Crippen LogP contribution in [0.15, 0.2) is 39.0 Å². The van der Waals surface area contributed by atoms with Crippen molar-refractivity contribution < 1.29 is 4.74 Å². The number of ether oxygens (including phenoxy) is 1. The summed E-state index contributed by atoms with van der Waals surface area (Å²) >= 11 is 0. The van der Waals surface area contributed by atoms with E-state index in [4.69, 9.17) is 4.74 Å². The topological polar surface area (TPSA) is 95.4 Å². The number of aryl methyl sites for hydroxylation is 2. The Hall–Kier alpha value is -3.36. The Balaban J connectivity index is 1.96. The van der Waals surface area contributed by atoms with E-state index in [-0.39, 0.29) is 5.56 Å². The summed E-state index contributed by atoms with van der Waals surface area (Å²) in [4.78, 5) is 29.5. The van der Waals surface area contributed by atoms with Gasteiger partial charge in [-0.1, -0.05) is 13.8 Å². The van der Waals surface area contributed by atoms with Gasteiger partial charge in [-0.25, -0.2) is 10.2 Å². The van der Waals surface area contributed by atoms with Crippen LogP contribution in [-0.2, 0) is 20.6 Å². The van der Waals surface area contributed by atoms with E-state index in [0.717, 1.165) is 22.3 Å². The van der Waals surface area contributed by atoms with Gasteiger partial charge in [0, 0.05) is 20.6 Å². The molecule has 2 heterocycles. The van der Waals surface area contributed by atoms with E-state index < -0.39 is 5.69 Å². The second kappa shape index (κ2) is 8.98. The Morgan fingerprint density at radius 1 is 1.17 bits per heavy atom. The maximum atomic E-state index is 12.8. The molecule has 0 unspecified atom stereocenters. The number of aromatic nitrogens is 4. The lowest BCUT2D eigenvalue weighted by Crippen LogP contribution is -2.37. The third kappa shape index (κ3) is 4.29. The third-order valence-corrected chi connectivity index (χ3v) is 4.85. The number of rotatable bonds is 8. The lowest BCUT2D eigenvalue weighted by molar-refractivity contribution is 0.340. The van der Waals surface area contributed by atoms with Gasteiger partial charge in [-0.2, -0.15) is 10.1 Å². The van der Waals surface area contributed by atoms with E-state index in [2.05, 4.69) is 29.4 Å². The average molecular weight is 412 g/mol. The lowest BCUT2D eigenvalue weighted by atomic mass is 10.1. The summed E-state index contributed by atoms with van der Waals surface area (Å²) < 4.78 is 9.72. The molecule has 0 bridgehead atoms. The van der Waals surface area contributed by atoms with Crippen LogP contribution >= 0.6 is 0 Å². The number of hydrazone groups is 1. The van der Waals surface area contributed by atoms with Gasteiger partial charge in [0.15, 0.2) is 11.2 Å². The fraction of sp³-hybridized carbons (Fsp3) is 0.429. The van der Waals surface area contributed by atoms with Crippen molar-refractivity contribution in [1.29, 1.82) is 0 Å². The summed E-state index contributed by atoms with van der Waals surface area (Å²) in [5, 5.41) is 4.28. The molecule has 9 nitrogen and oxygen atoms in total. The predicted octanol–water partition coefficient (Wildman–Crippen LogP) is 2.32. The minimum Gasteiger partial charge on any atom is -0.494 e. The molecular weight excluding hydrogens is 384 g/mol. The molecule has 1 aromatic carbocycles. The van der Waals surface area contributed by atoms with Crippen molar-refractivity contribution >= 4 is 23.3 Å². The molecule has 0 aliphatic rings. The fourth-order valence-corrected chi connectivity index (χ4v) is 3.12. The minimum absolute atomic E-state index is 0.339. The molecule has 30 heavy (non-hydrogen) atoms. The fourth-order valence-electron chi connectivity index (χ4n) is 3.12. The van der Waals surface area contributed by atoms with Crippen LogP contribution in [0.25, 0.3) is 11.2 Å². The number of anilines is 1. The van der Waals surface area contributed by atoms with Crippen molar-refractivity contribution in [3.8, 4) is 5.75 Å². The lowest BCUT2D eigenvalue weighted by Gasteiger charge is -2.10. The van der Waals surface area contributed by atoms with Gasteiger partial charge in [0.1, 0.15) is 5.75 Å². The quantitative estimate of drug-likeness (QED) is 0.453. The monoisotopic (exact) mass is 412 g/mol. The Labute approximate surface area is 174 Å². The zero-order valence-corrected chi connectivity index (χ0v) is 18.0. The molecular formula is C21H28N6O3. The molecule has 0 aliphatic heterocycles. The molecule has 2 aromatic heterocycles. The van der Waals surface area contributed by atoms with Gasteiger partial charge in [0.25, 0.3) is 5.56 Å². The van der Waals surface area contributed by atoms with E-state index in [1.807, 2.05) is 31.2 Å². The van der Waals surface area contributed by atoms with E-state index in [9.17, 15) is 9.59 Å². The van der Waals surface area contributed by atoms with Gasteiger partial charge < -0.3 is 9.30 Å². The number of nitrogens with one attached hydrogen (secondary N) is 1. The second-order valence-corrected chi connectivity index (χ2v) is 7.52. The van der Waals surface area contributed by atoms with Crippen LogP contribution in [0.1, 0.15) is 32.8 Å². The summed E-state index contributed by atoms with van der Waals surface area (Å²) in [5.74, 6) is 1.67. The molecule has 160 valence electrons. The Bertz CT molecular complexity index is 1170. The second-order valence-electron chi connectivity index (χ2n) is 7.52. The van der Waals surface area contributed by atoms with Crippen LogP contribution in [0.4, 0.5) is 5.95 Å². The highest BCUT2D eigenvalue weighted by Gasteiger charge is 2.19. The minimum atomic E-state index is -0.412. The zero-order valence-electron chi connectivity index (χ0n) is 18.0.